The van der Waals surface area contributed by atoms with Crippen LogP contribution in [0.15, 0.2) is 65.2 Å². The van der Waals surface area contributed by atoms with Crippen molar-refractivity contribution in [3.05, 3.63) is 76.5 Å². The zero-order valence-corrected chi connectivity index (χ0v) is 22.9. The number of urea groups is 1. The Hall–Kier alpha value is -2.96. The SMILES string of the molecule is O=C1NC2NC(c3ccc(S(=O)(=O)NC4CCNCC4)c(Cl)c3)=CC2=CN1c1ccc(CNCCCF)cc1. The van der Waals surface area contributed by atoms with E-state index in [1.165, 1.54) is 6.07 Å². The maximum atomic E-state index is 12.9. The van der Waals surface area contributed by atoms with E-state index in [2.05, 4.69) is 26.0 Å². The molecule has 1 fully saturated rings. The number of halogens is 2. The number of nitrogens with zero attached hydrogens (tertiary/aromatic N) is 1. The number of sulfonamides is 1. The number of nitrogens with one attached hydrogen (secondary N) is 5. The highest BCUT2D eigenvalue weighted by atomic mass is 35.5. The number of alkyl halides is 1. The van der Waals surface area contributed by atoms with E-state index >= 15 is 0 Å². The molecule has 1 unspecified atom stereocenters. The van der Waals surface area contributed by atoms with Gasteiger partial charge in [-0.25, -0.2) is 17.9 Å². The first-order chi connectivity index (χ1) is 18.8. The van der Waals surface area contributed by atoms with Crippen molar-refractivity contribution in [3.8, 4) is 0 Å². The topological polar surface area (TPSA) is 115 Å². The van der Waals surface area contributed by atoms with Gasteiger partial charge in [-0.2, -0.15) is 0 Å². The predicted molar refractivity (Wildman–Crippen MR) is 150 cm³/mol. The number of hydrogen-bond donors (Lipinski definition) is 5. The van der Waals surface area contributed by atoms with Crippen LogP contribution < -0.4 is 30.9 Å². The molecular weight excluding hydrogens is 543 g/mol. The summed E-state index contributed by atoms with van der Waals surface area (Å²) in [5, 5.41) is 12.8. The number of piperidine rings is 1. The average Bonchev–Trinajstić information content (AvgIpc) is 3.34. The summed E-state index contributed by atoms with van der Waals surface area (Å²) in [6.45, 7) is 2.45. The van der Waals surface area contributed by atoms with Crippen LogP contribution in [0.4, 0.5) is 14.9 Å². The van der Waals surface area contributed by atoms with Gasteiger partial charge in [0.15, 0.2) is 0 Å². The van der Waals surface area contributed by atoms with Crippen molar-refractivity contribution >= 4 is 39.0 Å². The molecule has 3 heterocycles. The number of rotatable bonds is 10. The van der Waals surface area contributed by atoms with E-state index in [1.54, 1.807) is 23.2 Å². The Morgan fingerprint density at radius 2 is 1.85 bits per heavy atom. The van der Waals surface area contributed by atoms with Crippen LogP contribution >= 0.6 is 11.6 Å². The monoisotopic (exact) mass is 574 g/mol. The molecule has 3 aliphatic heterocycles. The van der Waals surface area contributed by atoms with Gasteiger partial charge in [0.1, 0.15) is 11.1 Å². The molecule has 0 aromatic heterocycles. The lowest BCUT2D eigenvalue weighted by atomic mass is 10.1. The van der Waals surface area contributed by atoms with Crippen molar-refractivity contribution in [2.45, 2.75) is 42.9 Å². The second kappa shape index (κ2) is 12.1. The highest BCUT2D eigenvalue weighted by Gasteiger charge is 2.32. The molecule has 0 bridgehead atoms. The molecular formula is C27H32ClFN6O3S. The van der Waals surface area contributed by atoms with Crippen LogP contribution in [0.5, 0.6) is 0 Å². The molecule has 5 N–H and O–H groups in total. The van der Waals surface area contributed by atoms with Gasteiger partial charge in [0.25, 0.3) is 0 Å². The van der Waals surface area contributed by atoms with E-state index < -0.39 is 16.2 Å². The fourth-order valence-corrected chi connectivity index (χ4v) is 6.68. The van der Waals surface area contributed by atoms with Crippen molar-refractivity contribution in [2.75, 3.05) is 31.2 Å². The molecule has 0 spiro atoms. The van der Waals surface area contributed by atoms with Gasteiger partial charge in [0, 0.05) is 30.1 Å². The van der Waals surface area contributed by atoms with Crippen LogP contribution in [-0.4, -0.2) is 53.0 Å². The molecule has 0 radical (unpaired) electrons. The molecule has 2 amide bonds. The van der Waals surface area contributed by atoms with Crippen molar-refractivity contribution in [2.24, 2.45) is 0 Å². The van der Waals surface area contributed by atoms with E-state index in [-0.39, 0.29) is 28.7 Å². The third kappa shape index (κ3) is 6.44. The lowest BCUT2D eigenvalue weighted by Crippen LogP contribution is -2.51. The van der Waals surface area contributed by atoms with Gasteiger partial charge in [-0.05, 0) is 80.4 Å². The lowest BCUT2D eigenvalue weighted by Gasteiger charge is -2.29. The van der Waals surface area contributed by atoms with Crippen LogP contribution in [0.25, 0.3) is 5.70 Å². The number of carbonyl (C=O) groups is 1. The number of carbonyl (C=O) groups excluding carboxylic acids is 1. The zero-order chi connectivity index (χ0) is 27.4. The quantitative estimate of drug-likeness (QED) is 0.279. The van der Waals surface area contributed by atoms with Gasteiger partial charge in [0.2, 0.25) is 10.0 Å². The van der Waals surface area contributed by atoms with Gasteiger partial charge in [-0.15, -0.1) is 0 Å². The number of benzene rings is 2. The molecule has 0 aliphatic carbocycles. The largest absolute Gasteiger partial charge is 0.361 e. The Kier molecular flexibility index (Phi) is 8.53. The third-order valence-electron chi connectivity index (χ3n) is 6.93. The van der Waals surface area contributed by atoms with E-state index in [9.17, 15) is 17.6 Å². The first-order valence-electron chi connectivity index (χ1n) is 13.0. The van der Waals surface area contributed by atoms with Gasteiger partial charge < -0.3 is 21.3 Å². The van der Waals surface area contributed by atoms with E-state index in [0.29, 0.717) is 30.8 Å². The highest BCUT2D eigenvalue weighted by molar-refractivity contribution is 7.89. The Balaban J connectivity index is 1.29. The highest BCUT2D eigenvalue weighted by Crippen LogP contribution is 2.31. The van der Waals surface area contributed by atoms with Crippen LogP contribution in [0.1, 0.15) is 30.4 Å². The lowest BCUT2D eigenvalue weighted by molar-refractivity contribution is 0.244. The minimum atomic E-state index is -3.75. The fourth-order valence-electron chi connectivity index (χ4n) is 4.83. The molecule has 208 valence electrons. The van der Waals surface area contributed by atoms with Crippen LogP contribution in [0.3, 0.4) is 0 Å². The summed E-state index contributed by atoms with van der Waals surface area (Å²) in [7, 11) is -3.75. The second-order valence-electron chi connectivity index (χ2n) is 9.76. The summed E-state index contributed by atoms with van der Waals surface area (Å²) >= 11 is 6.45. The summed E-state index contributed by atoms with van der Waals surface area (Å²) in [4.78, 5) is 14.4. The Bertz CT molecular complexity index is 1380. The smallest absolute Gasteiger partial charge is 0.327 e. The number of amides is 2. The fraction of sp³-hybridized carbons (Fsp3) is 0.370. The predicted octanol–water partition coefficient (Wildman–Crippen LogP) is 3.20. The summed E-state index contributed by atoms with van der Waals surface area (Å²) in [5.74, 6) is 0. The summed E-state index contributed by atoms with van der Waals surface area (Å²) in [5.41, 5.74) is 4.04. The molecule has 39 heavy (non-hydrogen) atoms. The second-order valence-corrected chi connectivity index (χ2v) is 11.9. The van der Waals surface area contributed by atoms with E-state index in [0.717, 1.165) is 42.8 Å². The molecule has 9 nitrogen and oxygen atoms in total. The van der Waals surface area contributed by atoms with E-state index in [4.69, 9.17) is 11.6 Å². The molecule has 0 saturated carbocycles. The minimum Gasteiger partial charge on any atom is -0.361 e. The Labute approximate surface area is 232 Å². The van der Waals surface area contributed by atoms with Crippen molar-refractivity contribution in [1.82, 2.24) is 26.0 Å². The van der Waals surface area contributed by atoms with Gasteiger partial charge in [0.05, 0.1) is 17.4 Å². The molecule has 2 aromatic carbocycles. The standard InChI is InChI=1S/C27H32ClFN6O3S/c28-23-14-19(4-7-25(23)39(37,38)34-21-8-12-30-13-9-21)24-15-20-17-35(27(36)33-26(20)32-24)22-5-2-18(3-6-22)16-31-11-1-10-29/h2-7,14-15,17,21,26,30-32,34H,1,8-13,16H2,(H,33,36). The van der Waals surface area contributed by atoms with Crippen LogP contribution in [0.2, 0.25) is 5.02 Å². The number of fused-ring (bicyclic) bond motifs is 1. The van der Waals surface area contributed by atoms with Gasteiger partial charge in [-0.1, -0.05) is 29.8 Å². The molecule has 2 aromatic rings. The van der Waals surface area contributed by atoms with Gasteiger partial charge in [-0.3, -0.25) is 9.29 Å². The Morgan fingerprint density at radius 3 is 2.56 bits per heavy atom. The third-order valence-corrected chi connectivity index (χ3v) is 8.94. The number of hydrogen-bond acceptors (Lipinski definition) is 6. The van der Waals surface area contributed by atoms with Crippen molar-refractivity contribution in [3.63, 3.8) is 0 Å². The molecule has 12 heteroatoms. The first-order valence-corrected chi connectivity index (χ1v) is 14.9. The van der Waals surface area contributed by atoms with Crippen LogP contribution in [0, 0.1) is 0 Å². The van der Waals surface area contributed by atoms with Gasteiger partial charge >= 0.3 is 6.03 Å². The maximum Gasteiger partial charge on any atom is 0.327 e. The van der Waals surface area contributed by atoms with Crippen molar-refractivity contribution < 1.29 is 17.6 Å². The van der Waals surface area contributed by atoms with E-state index in [1.807, 2.05) is 30.3 Å². The average molecular weight is 575 g/mol. The van der Waals surface area contributed by atoms with Crippen molar-refractivity contribution in [1.29, 1.82) is 0 Å². The molecule has 1 atom stereocenters. The van der Waals surface area contributed by atoms with Crippen LogP contribution in [-0.2, 0) is 16.6 Å². The maximum absolute atomic E-state index is 12.9. The summed E-state index contributed by atoms with van der Waals surface area (Å²) in [6, 6.07) is 12.0. The first kappa shape index (κ1) is 27.6. The Morgan fingerprint density at radius 1 is 1.08 bits per heavy atom. The summed E-state index contributed by atoms with van der Waals surface area (Å²) < 4.78 is 40.9. The minimum absolute atomic E-state index is 0.0437. The normalized spacial score (nSPS) is 19.7. The molecule has 1 saturated heterocycles. The summed E-state index contributed by atoms with van der Waals surface area (Å²) in [6.07, 6.45) is 5.22. The zero-order valence-electron chi connectivity index (χ0n) is 21.3. The number of anilines is 1. The molecule has 3 aliphatic rings. The molecule has 5 rings (SSSR count).